The van der Waals surface area contributed by atoms with Crippen molar-refractivity contribution >= 4 is 18.0 Å². The maximum Gasteiger partial charge on any atom is 0.410 e. The number of rotatable bonds is 4. The van der Waals surface area contributed by atoms with E-state index in [1.807, 2.05) is 53.4 Å². The van der Waals surface area contributed by atoms with Gasteiger partial charge in [-0.2, -0.15) is 0 Å². The normalized spacial score (nSPS) is 24.9. The van der Waals surface area contributed by atoms with Crippen LogP contribution < -0.4 is 10.6 Å². The molecule has 0 spiro atoms. The Morgan fingerprint density at radius 2 is 1.55 bits per heavy atom. The second-order valence-electron chi connectivity index (χ2n) is 9.87. The Bertz CT molecular complexity index is 607. The van der Waals surface area contributed by atoms with Gasteiger partial charge in [-0.25, -0.2) is 9.79 Å². The smallest absolute Gasteiger partial charge is 0.410 e. The number of hydrogen-bond donors (Lipinski definition) is 2. The van der Waals surface area contributed by atoms with E-state index in [0.29, 0.717) is 12.5 Å². The van der Waals surface area contributed by atoms with Gasteiger partial charge in [0, 0.05) is 24.7 Å². The highest BCUT2D eigenvalue weighted by Crippen LogP contribution is 2.36. The summed E-state index contributed by atoms with van der Waals surface area (Å²) < 4.78 is 10.9. The van der Waals surface area contributed by atoms with Gasteiger partial charge >= 0.3 is 12.1 Å². The molecule has 2 fully saturated rings. The molecule has 8 nitrogen and oxygen atoms in total. The maximum atomic E-state index is 12.6. The Hall–Kier alpha value is -1.99. The van der Waals surface area contributed by atoms with E-state index < -0.39 is 11.2 Å². The van der Waals surface area contributed by atoms with Gasteiger partial charge in [0.1, 0.15) is 17.7 Å². The Morgan fingerprint density at radius 1 is 1.00 bits per heavy atom. The number of piperidine rings is 1. The topological polar surface area (TPSA) is 92.3 Å². The summed E-state index contributed by atoms with van der Waals surface area (Å²) in [4.78, 5) is 30.9. The fourth-order valence-electron chi connectivity index (χ4n) is 3.94. The second-order valence-corrected chi connectivity index (χ2v) is 9.87. The summed E-state index contributed by atoms with van der Waals surface area (Å²) in [7, 11) is 0. The van der Waals surface area contributed by atoms with E-state index >= 15 is 0 Å². The number of guanidine groups is 1. The predicted octanol–water partition coefficient (Wildman–Crippen LogP) is 2.81. The van der Waals surface area contributed by atoms with Crippen molar-refractivity contribution in [1.29, 1.82) is 0 Å². The molecule has 0 aliphatic carbocycles. The Kier molecular flexibility index (Phi) is 7.40. The fourth-order valence-corrected chi connectivity index (χ4v) is 3.94. The lowest BCUT2D eigenvalue weighted by Gasteiger charge is -2.40. The van der Waals surface area contributed by atoms with Crippen molar-refractivity contribution in [3.05, 3.63) is 0 Å². The highest BCUT2D eigenvalue weighted by atomic mass is 16.6. The molecule has 0 saturated carbocycles. The van der Waals surface area contributed by atoms with Crippen molar-refractivity contribution in [2.24, 2.45) is 4.99 Å². The van der Waals surface area contributed by atoms with Crippen LogP contribution in [0.5, 0.6) is 0 Å². The summed E-state index contributed by atoms with van der Waals surface area (Å²) in [6, 6.07) is 0.548. The number of carbonyl (C=O) groups excluding carboxylic acids is 2. The number of hydrogen-bond acceptors (Lipinski definition) is 5. The molecule has 0 aromatic heterocycles. The minimum Gasteiger partial charge on any atom is -0.459 e. The molecule has 2 heterocycles. The molecule has 29 heavy (non-hydrogen) atoms. The lowest BCUT2D eigenvalue weighted by molar-refractivity contribution is -0.152. The van der Waals surface area contributed by atoms with Crippen LogP contribution in [0.2, 0.25) is 0 Å². The molecule has 2 bridgehead atoms. The zero-order chi connectivity index (χ0) is 21.8. The molecule has 1 amide bonds. The lowest BCUT2D eigenvalue weighted by Crippen LogP contribution is -2.55. The highest BCUT2D eigenvalue weighted by Gasteiger charge is 2.45. The molecule has 2 N–H and O–H groups in total. The zero-order valence-corrected chi connectivity index (χ0v) is 19.0. The molecule has 2 saturated heterocycles. The molecule has 0 radical (unpaired) electrons. The average molecular weight is 411 g/mol. The summed E-state index contributed by atoms with van der Waals surface area (Å²) in [6.07, 6.45) is 3.45. The monoisotopic (exact) mass is 410 g/mol. The number of nitrogens with one attached hydrogen (secondary N) is 2. The average Bonchev–Trinajstić information content (AvgIpc) is 2.81. The van der Waals surface area contributed by atoms with E-state index in [1.165, 1.54) is 0 Å². The van der Waals surface area contributed by atoms with Gasteiger partial charge in [0.05, 0.1) is 0 Å². The predicted molar refractivity (Wildman–Crippen MR) is 113 cm³/mol. The summed E-state index contributed by atoms with van der Waals surface area (Å²) in [5.41, 5.74) is -1.01. The van der Waals surface area contributed by atoms with E-state index in [2.05, 4.69) is 15.6 Å². The van der Waals surface area contributed by atoms with Gasteiger partial charge in [0.25, 0.3) is 0 Å². The van der Waals surface area contributed by atoms with E-state index in [0.717, 1.165) is 25.7 Å². The van der Waals surface area contributed by atoms with E-state index in [1.54, 1.807) is 0 Å². The molecular weight excluding hydrogens is 372 g/mol. The quantitative estimate of drug-likeness (QED) is 0.421. The first-order valence-electron chi connectivity index (χ1n) is 10.7. The van der Waals surface area contributed by atoms with Gasteiger partial charge in [-0.1, -0.05) is 0 Å². The van der Waals surface area contributed by atoms with Crippen molar-refractivity contribution in [2.45, 2.75) is 103 Å². The van der Waals surface area contributed by atoms with Crippen molar-refractivity contribution in [3.63, 3.8) is 0 Å². The van der Waals surface area contributed by atoms with E-state index in [4.69, 9.17) is 9.47 Å². The molecule has 2 aliphatic rings. The number of carbonyl (C=O) groups is 2. The van der Waals surface area contributed by atoms with Gasteiger partial charge in [0.15, 0.2) is 5.96 Å². The molecular formula is C21H38N4O4. The van der Waals surface area contributed by atoms with Crippen molar-refractivity contribution in [2.75, 3.05) is 13.1 Å². The first kappa shape index (κ1) is 23.3. The molecule has 2 unspecified atom stereocenters. The van der Waals surface area contributed by atoms with Crippen LogP contribution in [0, 0.1) is 0 Å². The van der Waals surface area contributed by atoms with Crippen LogP contribution in [-0.4, -0.2) is 65.3 Å². The summed E-state index contributed by atoms with van der Waals surface area (Å²) in [5, 5.41) is 6.63. The van der Waals surface area contributed by atoms with Gasteiger partial charge in [-0.05, 0) is 74.1 Å². The Balaban J connectivity index is 1.95. The van der Waals surface area contributed by atoms with Crippen LogP contribution in [0.25, 0.3) is 0 Å². The molecule has 2 aliphatic heterocycles. The zero-order valence-electron chi connectivity index (χ0n) is 19.0. The lowest BCUT2D eigenvalue weighted by atomic mass is 9.98. The molecule has 166 valence electrons. The maximum absolute atomic E-state index is 12.6. The van der Waals surface area contributed by atoms with Crippen LogP contribution in [0.3, 0.4) is 0 Å². The largest absolute Gasteiger partial charge is 0.459 e. The Morgan fingerprint density at radius 3 is 2.03 bits per heavy atom. The number of ether oxygens (including phenoxy) is 2. The van der Waals surface area contributed by atoms with Crippen molar-refractivity contribution in [3.8, 4) is 0 Å². The Labute approximate surface area is 174 Å². The SMILES string of the molecule is CCNC(=NCC(=O)OC(C)(C)C)NC1CC2CCC(C1)N2C(=O)OC(C)(C)C. The first-order valence-corrected chi connectivity index (χ1v) is 10.7. The fraction of sp³-hybridized carbons (Fsp3) is 0.857. The summed E-state index contributed by atoms with van der Waals surface area (Å²) in [6.45, 7) is 13.9. The molecule has 2 rings (SSSR count). The number of esters is 1. The number of fused-ring (bicyclic) bond motifs is 2. The third kappa shape index (κ3) is 7.40. The third-order valence-corrected chi connectivity index (χ3v) is 4.81. The standard InChI is InChI=1S/C21H38N4O4/c1-8-22-18(23-13-17(26)28-20(2,3)4)24-14-11-15-9-10-16(12-14)25(15)19(27)29-21(5,6)7/h14-16H,8-13H2,1-7H3,(H2,22,23,24). The van der Waals surface area contributed by atoms with Crippen LogP contribution in [0.1, 0.15) is 74.1 Å². The summed E-state index contributed by atoms with van der Waals surface area (Å²) >= 11 is 0. The third-order valence-electron chi connectivity index (χ3n) is 4.81. The van der Waals surface area contributed by atoms with Crippen LogP contribution in [0.4, 0.5) is 4.79 Å². The van der Waals surface area contributed by atoms with Crippen molar-refractivity contribution < 1.29 is 19.1 Å². The van der Waals surface area contributed by atoms with Gasteiger partial charge in [-0.3, -0.25) is 4.79 Å². The van der Waals surface area contributed by atoms with Crippen LogP contribution in [-0.2, 0) is 14.3 Å². The minimum atomic E-state index is -0.522. The number of nitrogens with zero attached hydrogens (tertiary/aromatic N) is 2. The van der Waals surface area contributed by atoms with Gasteiger partial charge < -0.3 is 25.0 Å². The number of aliphatic imine (C=N–C) groups is 1. The number of amides is 1. The molecule has 0 aromatic carbocycles. The minimum absolute atomic E-state index is 0.0315. The first-order chi connectivity index (χ1) is 13.4. The van der Waals surface area contributed by atoms with Gasteiger partial charge in [0.2, 0.25) is 0 Å². The van der Waals surface area contributed by atoms with Crippen LogP contribution in [0.15, 0.2) is 4.99 Å². The van der Waals surface area contributed by atoms with E-state index in [-0.39, 0.29) is 36.7 Å². The van der Waals surface area contributed by atoms with Gasteiger partial charge in [-0.15, -0.1) is 0 Å². The molecule has 2 atom stereocenters. The molecule has 0 aromatic rings. The van der Waals surface area contributed by atoms with E-state index in [9.17, 15) is 9.59 Å². The molecule has 8 heteroatoms. The van der Waals surface area contributed by atoms with Crippen molar-refractivity contribution in [1.82, 2.24) is 15.5 Å². The van der Waals surface area contributed by atoms with Crippen LogP contribution >= 0.6 is 0 Å². The second kappa shape index (κ2) is 9.22. The highest BCUT2D eigenvalue weighted by molar-refractivity contribution is 5.83. The summed E-state index contributed by atoms with van der Waals surface area (Å²) in [5.74, 6) is 0.253.